The monoisotopic (exact) mass is 332 g/mol. The minimum atomic E-state index is 0.220. The third-order valence-electron chi connectivity index (χ3n) is 3.43. The van der Waals surface area contributed by atoms with Crippen LogP contribution in [0.3, 0.4) is 0 Å². The second kappa shape index (κ2) is 4.93. The van der Waals surface area contributed by atoms with E-state index in [0.717, 1.165) is 17.5 Å². The fraction of sp³-hybridized carbons (Fsp3) is 0.143. The lowest BCUT2D eigenvalue weighted by Gasteiger charge is -2.02. The summed E-state index contributed by atoms with van der Waals surface area (Å²) in [4.78, 5) is 8.88. The van der Waals surface area contributed by atoms with Crippen LogP contribution >= 0.6 is 23.2 Å². The van der Waals surface area contributed by atoms with Gasteiger partial charge in [-0.05, 0) is 30.7 Å². The van der Waals surface area contributed by atoms with Crippen LogP contribution in [0.5, 0.6) is 0 Å². The van der Waals surface area contributed by atoms with Gasteiger partial charge in [-0.2, -0.15) is 9.61 Å². The van der Waals surface area contributed by atoms with E-state index in [0.29, 0.717) is 22.0 Å². The zero-order valence-corrected chi connectivity index (χ0v) is 13.0. The van der Waals surface area contributed by atoms with E-state index >= 15 is 0 Å². The van der Waals surface area contributed by atoms with Gasteiger partial charge in [0.2, 0.25) is 5.28 Å². The van der Waals surface area contributed by atoms with Crippen molar-refractivity contribution in [1.82, 2.24) is 29.4 Å². The molecule has 0 bridgehead atoms. The Morgan fingerprint density at radius 3 is 2.82 bits per heavy atom. The lowest BCUT2D eigenvalue weighted by molar-refractivity contribution is 0.660. The summed E-state index contributed by atoms with van der Waals surface area (Å²) in [5, 5.41) is 10.2. The molecule has 0 radical (unpaired) electrons. The SMILES string of the molecule is CCn1cc(-c2nc3c4cccc(Cl)c4nc(Cl)n3n2)cn1. The number of nitrogens with zero attached hydrogens (tertiary/aromatic N) is 6. The second-order valence-corrected chi connectivity index (χ2v) is 5.52. The lowest BCUT2D eigenvalue weighted by atomic mass is 10.2. The first-order valence-electron chi connectivity index (χ1n) is 6.70. The Balaban J connectivity index is 2.02. The largest absolute Gasteiger partial charge is 0.272 e. The Hall–Kier alpha value is -2.18. The number of para-hydroxylation sites is 1. The fourth-order valence-corrected chi connectivity index (χ4v) is 2.76. The third-order valence-corrected chi connectivity index (χ3v) is 3.98. The van der Waals surface area contributed by atoms with Crippen molar-refractivity contribution in [3.05, 3.63) is 40.9 Å². The number of rotatable bonds is 2. The lowest BCUT2D eigenvalue weighted by Crippen LogP contribution is -1.95. The first-order chi connectivity index (χ1) is 10.7. The first kappa shape index (κ1) is 13.5. The molecule has 4 rings (SSSR count). The molecule has 0 amide bonds. The van der Waals surface area contributed by atoms with Crippen molar-refractivity contribution in [2.45, 2.75) is 13.5 Å². The van der Waals surface area contributed by atoms with Gasteiger partial charge in [-0.3, -0.25) is 4.68 Å². The fourth-order valence-electron chi connectivity index (χ4n) is 2.34. The van der Waals surface area contributed by atoms with Gasteiger partial charge in [-0.25, -0.2) is 9.97 Å². The maximum Gasteiger partial charge on any atom is 0.226 e. The van der Waals surface area contributed by atoms with E-state index in [9.17, 15) is 0 Å². The van der Waals surface area contributed by atoms with E-state index in [2.05, 4.69) is 20.2 Å². The highest BCUT2D eigenvalue weighted by Crippen LogP contribution is 2.28. The number of aromatic nitrogens is 6. The van der Waals surface area contributed by atoms with E-state index in [1.165, 1.54) is 4.52 Å². The van der Waals surface area contributed by atoms with Crippen LogP contribution in [0.4, 0.5) is 0 Å². The van der Waals surface area contributed by atoms with Crippen molar-refractivity contribution in [2.24, 2.45) is 0 Å². The van der Waals surface area contributed by atoms with Crippen LogP contribution in [0, 0.1) is 0 Å². The van der Waals surface area contributed by atoms with Gasteiger partial charge in [-0.15, -0.1) is 5.10 Å². The predicted molar refractivity (Wildman–Crippen MR) is 85.2 cm³/mol. The highest BCUT2D eigenvalue weighted by molar-refractivity contribution is 6.36. The second-order valence-electron chi connectivity index (χ2n) is 4.77. The van der Waals surface area contributed by atoms with Crippen LogP contribution in [0.2, 0.25) is 10.3 Å². The quantitative estimate of drug-likeness (QED) is 0.527. The minimum Gasteiger partial charge on any atom is -0.272 e. The van der Waals surface area contributed by atoms with E-state index in [4.69, 9.17) is 23.2 Å². The molecule has 0 saturated carbocycles. The van der Waals surface area contributed by atoms with Gasteiger partial charge >= 0.3 is 0 Å². The molecule has 3 aromatic heterocycles. The molecular weight excluding hydrogens is 323 g/mol. The maximum absolute atomic E-state index is 6.21. The molecule has 3 heterocycles. The van der Waals surface area contributed by atoms with E-state index in [1.54, 1.807) is 12.3 Å². The van der Waals surface area contributed by atoms with Crippen LogP contribution in [-0.4, -0.2) is 29.4 Å². The zero-order valence-electron chi connectivity index (χ0n) is 11.5. The van der Waals surface area contributed by atoms with Crippen molar-refractivity contribution in [1.29, 1.82) is 0 Å². The van der Waals surface area contributed by atoms with Crippen LogP contribution in [0.1, 0.15) is 6.92 Å². The van der Waals surface area contributed by atoms with Crippen LogP contribution in [0.15, 0.2) is 30.6 Å². The number of fused-ring (bicyclic) bond motifs is 3. The molecule has 0 fully saturated rings. The van der Waals surface area contributed by atoms with Gasteiger partial charge in [0.15, 0.2) is 11.5 Å². The number of benzene rings is 1. The molecule has 0 aliphatic carbocycles. The topological polar surface area (TPSA) is 60.9 Å². The van der Waals surface area contributed by atoms with E-state index in [1.807, 2.05) is 29.9 Å². The summed E-state index contributed by atoms with van der Waals surface area (Å²) < 4.78 is 3.33. The van der Waals surface area contributed by atoms with Gasteiger partial charge in [0.25, 0.3) is 0 Å². The van der Waals surface area contributed by atoms with Crippen LogP contribution in [-0.2, 0) is 6.54 Å². The van der Waals surface area contributed by atoms with Crippen molar-refractivity contribution < 1.29 is 0 Å². The summed E-state index contributed by atoms with van der Waals surface area (Å²) in [5.74, 6) is 0.552. The Kier molecular flexibility index (Phi) is 3.02. The molecule has 0 aliphatic heterocycles. The Morgan fingerprint density at radius 2 is 2.05 bits per heavy atom. The average molecular weight is 333 g/mol. The van der Waals surface area contributed by atoms with Crippen LogP contribution < -0.4 is 0 Å². The van der Waals surface area contributed by atoms with Crippen molar-refractivity contribution >= 4 is 39.8 Å². The summed E-state index contributed by atoms with van der Waals surface area (Å²) in [5.41, 5.74) is 2.07. The standard InChI is InChI=1S/C14H10Cl2N6/c1-2-21-7-8(6-17-21)12-19-13-9-4-3-5-10(15)11(9)18-14(16)22(13)20-12/h3-7H,2H2,1H3. The Labute approximate surface area is 135 Å². The number of aryl methyl sites for hydroxylation is 1. The van der Waals surface area contributed by atoms with Gasteiger partial charge in [0, 0.05) is 18.1 Å². The predicted octanol–water partition coefficient (Wildman–Crippen LogP) is 3.47. The summed E-state index contributed by atoms with van der Waals surface area (Å²) in [7, 11) is 0. The molecule has 0 aliphatic rings. The molecule has 8 heteroatoms. The molecule has 0 spiro atoms. The Morgan fingerprint density at radius 1 is 1.18 bits per heavy atom. The number of hydrogen-bond donors (Lipinski definition) is 0. The number of halogens is 2. The first-order valence-corrected chi connectivity index (χ1v) is 7.46. The molecule has 4 aromatic rings. The summed E-state index contributed by atoms with van der Waals surface area (Å²) in [6.07, 6.45) is 3.63. The Bertz CT molecular complexity index is 1000. The van der Waals surface area contributed by atoms with Crippen LogP contribution in [0.25, 0.3) is 27.9 Å². The highest BCUT2D eigenvalue weighted by Gasteiger charge is 2.15. The molecule has 0 unspecified atom stereocenters. The van der Waals surface area contributed by atoms with E-state index in [-0.39, 0.29) is 5.28 Å². The molecule has 6 nitrogen and oxygen atoms in total. The zero-order chi connectivity index (χ0) is 15.3. The summed E-state index contributed by atoms with van der Waals surface area (Å²) >= 11 is 12.4. The highest BCUT2D eigenvalue weighted by atomic mass is 35.5. The molecule has 1 aromatic carbocycles. The average Bonchev–Trinajstić information content (AvgIpc) is 3.15. The van der Waals surface area contributed by atoms with Crippen molar-refractivity contribution in [2.75, 3.05) is 0 Å². The van der Waals surface area contributed by atoms with Gasteiger partial charge in [0.05, 0.1) is 22.3 Å². The van der Waals surface area contributed by atoms with E-state index < -0.39 is 0 Å². The smallest absolute Gasteiger partial charge is 0.226 e. The normalized spacial score (nSPS) is 11.6. The van der Waals surface area contributed by atoms with Gasteiger partial charge in [-0.1, -0.05) is 17.7 Å². The summed E-state index contributed by atoms with van der Waals surface area (Å²) in [6.45, 7) is 2.80. The number of hydrogen-bond acceptors (Lipinski definition) is 4. The maximum atomic E-state index is 6.21. The van der Waals surface area contributed by atoms with Gasteiger partial charge in [0.1, 0.15) is 0 Å². The molecule has 0 saturated heterocycles. The third kappa shape index (κ3) is 1.95. The molecule has 0 N–H and O–H groups in total. The molecule has 22 heavy (non-hydrogen) atoms. The summed E-state index contributed by atoms with van der Waals surface area (Å²) in [6, 6.07) is 5.52. The molecular formula is C14H10Cl2N6. The van der Waals surface area contributed by atoms with Crippen molar-refractivity contribution in [3.63, 3.8) is 0 Å². The molecule has 110 valence electrons. The minimum absolute atomic E-state index is 0.220. The molecule has 0 atom stereocenters. The van der Waals surface area contributed by atoms with Gasteiger partial charge < -0.3 is 0 Å². The van der Waals surface area contributed by atoms with Crippen molar-refractivity contribution in [3.8, 4) is 11.4 Å².